The van der Waals surface area contributed by atoms with Gasteiger partial charge in [-0.1, -0.05) is 17.7 Å². The van der Waals surface area contributed by atoms with Gasteiger partial charge in [-0.3, -0.25) is 0 Å². The Balaban J connectivity index is 2.35. The van der Waals surface area contributed by atoms with Crippen LogP contribution in [0.4, 0.5) is 24.5 Å². The van der Waals surface area contributed by atoms with Crippen molar-refractivity contribution in [2.45, 2.75) is 6.18 Å². The van der Waals surface area contributed by atoms with Gasteiger partial charge in [-0.15, -0.1) is 0 Å². The molecule has 0 aliphatic rings. The maximum absolute atomic E-state index is 12.6. The maximum atomic E-state index is 12.6. The average Bonchev–Trinajstić information content (AvgIpc) is 2.42. The van der Waals surface area contributed by atoms with E-state index in [9.17, 15) is 18.3 Å². The Kier molecular flexibility index (Phi) is 4.09. The van der Waals surface area contributed by atoms with Crippen molar-refractivity contribution >= 4 is 29.2 Å². The van der Waals surface area contributed by atoms with Crippen molar-refractivity contribution in [1.82, 2.24) is 0 Å². The van der Waals surface area contributed by atoms with Crippen molar-refractivity contribution in [2.24, 2.45) is 0 Å². The van der Waals surface area contributed by atoms with E-state index in [4.69, 9.17) is 17.0 Å². The van der Waals surface area contributed by atoms with E-state index in [0.29, 0.717) is 5.69 Å². The summed E-state index contributed by atoms with van der Waals surface area (Å²) in [7, 11) is 0. The Morgan fingerprint density at radius 2 is 1.86 bits per heavy atom. The topological polar surface area (TPSA) is 56.1 Å². The molecular formula is C14H10ClF3N2O. The fourth-order valence-electron chi connectivity index (χ4n) is 1.74. The number of rotatable bonds is 3. The first-order valence-electron chi connectivity index (χ1n) is 5.78. The Morgan fingerprint density at radius 3 is 2.48 bits per heavy atom. The molecule has 0 spiro atoms. The summed E-state index contributed by atoms with van der Waals surface area (Å²) in [5.41, 5.74) is -0.0141. The minimum absolute atomic E-state index is 0.00507. The molecule has 0 bridgehead atoms. The number of hydrogen-bond acceptors (Lipinski definition) is 3. The lowest BCUT2D eigenvalue weighted by Crippen LogP contribution is -2.05. The van der Waals surface area contributed by atoms with E-state index < -0.39 is 11.7 Å². The van der Waals surface area contributed by atoms with Gasteiger partial charge < -0.3 is 15.8 Å². The summed E-state index contributed by atoms with van der Waals surface area (Å²) in [6.45, 7) is 0. The van der Waals surface area contributed by atoms with Crippen LogP contribution in [-0.2, 0) is 6.18 Å². The monoisotopic (exact) mass is 314 g/mol. The van der Waals surface area contributed by atoms with Crippen LogP contribution in [0.2, 0.25) is 5.02 Å². The van der Waals surface area contributed by atoms with E-state index in [1.54, 1.807) is 0 Å². The van der Waals surface area contributed by atoms with E-state index in [1.165, 1.54) is 24.3 Å². The third-order valence-corrected chi connectivity index (χ3v) is 3.02. The number of benzene rings is 2. The molecule has 3 N–H and O–H groups in total. The molecule has 2 aromatic carbocycles. The van der Waals surface area contributed by atoms with E-state index in [0.717, 1.165) is 18.3 Å². The Labute approximate surface area is 123 Å². The highest BCUT2D eigenvalue weighted by Crippen LogP contribution is 2.34. The maximum Gasteiger partial charge on any atom is 0.416 e. The molecule has 0 atom stereocenters. The second-order valence-corrected chi connectivity index (χ2v) is 4.65. The molecule has 0 amide bonds. The molecule has 110 valence electrons. The molecule has 0 aromatic heterocycles. The van der Waals surface area contributed by atoms with Gasteiger partial charge in [0, 0.05) is 23.2 Å². The molecule has 0 fully saturated rings. The Morgan fingerprint density at radius 1 is 1.14 bits per heavy atom. The number of phenols is 1. The van der Waals surface area contributed by atoms with Crippen LogP contribution in [0.1, 0.15) is 11.1 Å². The van der Waals surface area contributed by atoms with Crippen molar-refractivity contribution in [2.75, 3.05) is 5.32 Å². The number of hydrogen-bond donors (Lipinski definition) is 3. The molecule has 21 heavy (non-hydrogen) atoms. The van der Waals surface area contributed by atoms with Gasteiger partial charge in [0.05, 0.1) is 10.6 Å². The first kappa shape index (κ1) is 15.2. The highest BCUT2D eigenvalue weighted by atomic mass is 35.5. The van der Waals surface area contributed by atoms with E-state index >= 15 is 0 Å². The van der Waals surface area contributed by atoms with Crippen LogP contribution in [-0.4, -0.2) is 11.3 Å². The molecule has 3 nitrogen and oxygen atoms in total. The van der Waals surface area contributed by atoms with Crippen molar-refractivity contribution in [3.05, 3.63) is 52.5 Å². The second kappa shape index (κ2) is 5.65. The summed E-state index contributed by atoms with van der Waals surface area (Å²) >= 11 is 5.79. The molecule has 0 aliphatic heterocycles. The standard InChI is InChI=1S/C14H10ClF3N2O/c15-12-6-11(4-8(7-19)13(12)21)20-10-3-1-2-9(5-10)14(16,17)18/h1-7,19-21H. The van der Waals surface area contributed by atoms with Crippen LogP contribution < -0.4 is 5.32 Å². The molecule has 0 saturated heterocycles. The third kappa shape index (κ3) is 3.46. The third-order valence-electron chi connectivity index (χ3n) is 2.73. The van der Waals surface area contributed by atoms with Crippen LogP contribution in [0.15, 0.2) is 36.4 Å². The molecule has 2 aromatic rings. The van der Waals surface area contributed by atoms with Crippen LogP contribution >= 0.6 is 11.6 Å². The Bertz CT molecular complexity index is 686. The zero-order valence-electron chi connectivity index (χ0n) is 10.5. The number of aromatic hydroxyl groups is 1. The average molecular weight is 315 g/mol. The van der Waals surface area contributed by atoms with Crippen molar-refractivity contribution < 1.29 is 18.3 Å². The first-order chi connectivity index (χ1) is 9.81. The highest BCUT2D eigenvalue weighted by Gasteiger charge is 2.30. The summed E-state index contributed by atoms with van der Waals surface area (Å²) in [5.74, 6) is -0.249. The smallest absolute Gasteiger partial charge is 0.416 e. The predicted octanol–water partition coefficient (Wildman–Crippen LogP) is 4.81. The van der Waals surface area contributed by atoms with Gasteiger partial charge in [-0.25, -0.2) is 0 Å². The number of anilines is 2. The van der Waals surface area contributed by atoms with Crippen LogP contribution in [0.25, 0.3) is 0 Å². The Hall–Kier alpha value is -2.21. The van der Waals surface area contributed by atoms with Crippen molar-refractivity contribution in [3.8, 4) is 5.75 Å². The molecule has 0 saturated carbocycles. The van der Waals surface area contributed by atoms with Crippen LogP contribution in [0.5, 0.6) is 5.75 Å². The highest BCUT2D eigenvalue weighted by molar-refractivity contribution is 6.32. The predicted molar refractivity (Wildman–Crippen MR) is 75.7 cm³/mol. The quantitative estimate of drug-likeness (QED) is 0.562. The van der Waals surface area contributed by atoms with E-state index in [1.807, 2.05) is 0 Å². The van der Waals surface area contributed by atoms with Gasteiger partial charge in [-0.05, 0) is 30.3 Å². The van der Waals surface area contributed by atoms with Crippen molar-refractivity contribution in [1.29, 1.82) is 5.41 Å². The van der Waals surface area contributed by atoms with Crippen molar-refractivity contribution in [3.63, 3.8) is 0 Å². The van der Waals surface area contributed by atoms with E-state index in [2.05, 4.69) is 5.32 Å². The molecular weight excluding hydrogens is 305 g/mol. The SMILES string of the molecule is N=Cc1cc(Nc2cccc(C(F)(F)F)c2)cc(Cl)c1O. The molecule has 0 radical (unpaired) electrons. The largest absolute Gasteiger partial charge is 0.506 e. The lowest BCUT2D eigenvalue weighted by Gasteiger charge is -2.12. The fourth-order valence-corrected chi connectivity index (χ4v) is 1.97. The number of phenolic OH excluding ortho intramolecular Hbond substituents is 1. The van der Waals surface area contributed by atoms with Gasteiger partial charge in [0.25, 0.3) is 0 Å². The van der Waals surface area contributed by atoms with Gasteiger partial charge in [-0.2, -0.15) is 13.2 Å². The molecule has 2 rings (SSSR count). The summed E-state index contributed by atoms with van der Waals surface area (Å²) in [4.78, 5) is 0. The van der Waals surface area contributed by atoms with Gasteiger partial charge >= 0.3 is 6.18 Å². The van der Waals surface area contributed by atoms with Gasteiger partial charge in [0.2, 0.25) is 0 Å². The summed E-state index contributed by atoms with van der Waals surface area (Å²) in [6, 6.07) is 7.46. The van der Waals surface area contributed by atoms with Crippen LogP contribution in [0.3, 0.4) is 0 Å². The van der Waals surface area contributed by atoms with Crippen LogP contribution in [0, 0.1) is 5.41 Å². The number of halogens is 4. The van der Waals surface area contributed by atoms with Gasteiger partial charge in [0.15, 0.2) is 0 Å². The second-order valence-electron chi connectivity index (χ2n) is 4.24. The molecule has 0 heterocycles. The molecule has 0 unspecified atom stereocenters. The molecule has 0 aliphatic carbocycles. The number of nitrogens with one attached hydrogen (secondary N) is 2. The molecule has 7 heteroatoms. The number of alkyl halides is 3. The summed E-state index contributed by atoms with van der Waals surface area (Å²) in [5, 5.41) is 19.5. The minimum Gasteiger partial charge on any atom is -0.506 e. The lowest BCUT2D eigenvalue weighted by atomic mass is 10.1. The normalized spacial score (nSPS) is 11.2. The summed E-state index contributed by atoms with van der Waals surface area (Å²) < 4.78 is 37.9. The lowest BCUT2D eigenvalue weighted by molar-refractivity contribution is -0.137. The van der Waals surface area contributed by atoms with E-state index in [-0.39, 0.29) is 22.0 Å². The van der Waals surface area contributed by atoms with Gasteiger partial charge in [0.1, 0.15) is 5.75 Å². The first-order valence-corrected chi connectivity index (χ1v) is 6.16. The summed E-state index contributed by atoms with van der Waals surface area (Å²) in [6.07, 6.45) is -3.52. The fraction of sp³-hybridized carbons (Fsp3) is 0.0714. The minimum atomic E-state index is -4.43. The zero-order valence-corrected chi connectivity index (χ0v) is 11.3. The zero-order chi connectivity index (χ0) is 15.6.